The van der Waals surface area contributed by atoms with Crippen molar-refractivity contribution in [3.05, 3.63) is 178 Å². The Morgan fingerprint density at radius 1 is 0.594 bits per heavy atom. The number of fused-ring (bicyclic) bond motifs is 2. The van der Waals surface area contributed by atoms with Crippen LogP contribution in [-0.2, 0) is 36.5 Å². The van der Waals surface area contributed by atoms with E-state index in [2.05, 4.69) is 200 Å². The number of carbonyl (C=O) groups excluding carboxylic acids is 1. The summed E-state index contributed by atoms with van der Waals surface area (Å²) in [4.78, 5) is 11.7. The van der Waals surface area contributed by atoms with Crippen LogP contribution in [0.2, 0.25) is 0 Å². The fraction of sp³-hybridized carbons (Fsp3) is 0.418. The predicted octanol–water partition coefficient (Wildman–Crippen LogP) is 15.2. The van der Waals surface area contributed by atoms with Gasteiger partial charge >= 0.3 is 23.1 Å². The Morgan fingerprint density at radius 3 is 1.53 bits per heavy atom. The van der Waals surface area contributed by atoms with Gasteiger partial charge in [-0.05, 0) is 183 Å². The molecule has 0 saturated carbocycles. The van der Waals surface area contributed by atoms with E-state index in [0.717, 1.165) is 46.6 Å². The van der Waals surface area contributed by atoms with E-state index in [9.17, 15) is 9.90 Å². The molecule has 0 fully saturated rings. The minimum Gasteiger partial charge on any atom is -1.00 e. The molecular formula is C55H70Br6MgO2. The maximum Gasteiger partial charge on any atom is 2.00 e. The van der Waals surface area contributed by atoms with Crippen molar-refractivity contribution in [1.29, 1.82) is 0 Å². The number of Topliss-reactive ketones (excluding diaryl/α,β-unsaturated/α-hetero) is 1. The second kappa shape index (κ2) is 31.5. The molecule has 0 radical (unpaired) electrons. The molecule has 2 nitrogen and oxygen atoms in total. The fourth-order valence-electron chi connectivity index (χ4n) is 7.57. The van der Waals surface area contributed by atoms with E-state index in [0.29, 0.717) is 11.8 Å². The number of ketones is 1. The maximum atomic E-state index is 11.7. The Bertz CT molecular complexity index is 2120. The van der Waals surface area contributed by atoms with Crippen molar-refractivity contribution in [2.75, 3.05) is 0 Å². The minimum atomic E-state index is -0.536. The van der Waals surface area contributed by atoms with Crippen LogP contribution in [0.4, 0.5) is 0 Å². The molecule has 0 atom stereocenters. The van der Waals surface area contributed by atoms with E-state index in [1.807, 2.05) is 44.2 Å². The molecule has 346 valence electrons. The van der Waals surface area contributed by atoms with E-state index < -0.39 is 5.60 Å². The van der Waals surface area contributed by atoms with Crippen LogP contribution >= 0.6 is 79.6 Å². The van der Waals surface area contributed by atoms with Crippen molar-refractivity contribution in [2.45, 2.75) is 149 Å². The van der Waals surface area contributed by atoms with Gasteiger partial charge in [0.25, 0.3) is 0 Å². The summed E-state index contributed by atoms with van der Waals surface area (Å²) in [5.41, 5.74) is 9.29. The van der Waals surface area contributed by atoms with Crippen LogP contribution in [0.15, 0.2) is 132 Å². The summed E-state index contributed by atoms with van der Waals surface area (Å²) in [6.07, 6.45) is 13.3. The zero-order valence-corrected chi connectivity index (χ0v) is 50.6. The molecule has 2 aliphatic carbocycles. The molecule has 1 N–H and O–H groups in total. The molecule has 0 saturated heterocycles. The van der Waals surface area contributed by atoms with E-state index in [-0.39, 0.29) is 58.7 Å². The van der Waals surface area contributed by atoms with Gasteiger partial charge in [-0.3, -0.25) is 4.79 Å². The van der Waals surface area contributed by atoms with Gasteiger partial charge in [0.15, 0.2) is 5.78 Å². The van der Waals surface area contributed by atoms with Crippen molar-refractivity contribution in [2.24, 2.45) is 0 Å². The van der Waals surface area contributed by atoms with Crippen LogP contribution in [0, 0.1) is 7.43 Å². The molecule has 0 spiro atoms. The van der Waals surface area contributed by atoms with Gasteiger partial charge in [-0.25, -0.2) is 0 Å². The molecule has 0 bridgehead atoms. The summed E-state index contributed by atoms with van der Waals surface area (Å²) >= 11 is 17.2. The fourth-order valence-corrected chi connectivity index (χ4v) is 9.67. The molecule has 0 heterocycles. The molecular weight excluding hydrogens is 1200 g/mol. The number of carbonyl (C=O) groups is 1. The third-order valence-corrected chi connectivity index (χ3v) is 13.6. The molecule has 0 unspecified atom stereocenters. The van der Waals surface area contributed by atoms with Crippen LogP contribution in [0.5, 0.6) is 0 Å². The summed E-state index contributed by atoms with van der Waals surface area (Å²) in [7, 11) is 0. The van der Waals surface area contributed by atoms with E-state index >= 15 is 0 Å². The molecule has 0 aromatic heterocycles. The normalized spacial score (nSPS) is 13.8. The summed E-state index contributed by atoms with van der Waals surface area (Å²) < 4.78 is 5.68. The van der Waals surface area contributed by atoms with E-state index in [4.69, 9.17) is 0 Å². The smallest absolute Gasteiger partial charge is 1.00 e. The Morgan fingerprint density at radius 2 is 1.05 bits per heavy atom. The molecule has 2 aliphatic rings. The standard InChI is InChI=1S/C12H13BrO.C12H17BrO.C12H15Br.C10H13Br.C8H9Br.CH3.BrH.Mg/c1-12(2)6-5-11(14)9-7-8(13)3-4-10(9)12;1-12(2,14)8-4-6-10-5-3-7-11(13)9-10;1-12(2)7-3-4-9-8-10(13)5-6-11(9)12;1-2-3-5-9-6-4-7-10(11)8-9;1-2-7-4-3-5-8(9)6-7;;;/h3-4,7H,5-6H2,1-2H3;3,5,7,9,14H,4,6,8H2,1-2H3;5-6,8H,3-4,7H2,1-2H3;4,6-8H,2-3,5H2,1H3;3-6H,2H2,1H3;1H3;1H;/q;;;;;-1;;+2/p-1. The van der Waals surface area contributed by atoms with Crippen molar-refractivity contribution in [1.82, 2.24) is 0 Å². The second-order valence-electron chi connectivity index (χ2n) is 18.0. The van der Waals surface area contributed by atoms with Gasteiger partial charge in [-0.15, -0.1) is 0 Å². The Balaban J connectivity index is 0.000000772. The summed E-state index contributed by atoms with van der Waals surface area (Å²) in [5, 5.41) is 9.54. The van der Waals surface area contributed by atoms with Crippen LogP contribution in [-0.4, -0.2) is 39.5 Å². The van der Waals surface area contributed by atoms with Crippen LogP contribution in [0.25, 0.3) is 0 Å². The molecule has 9 heteroatoms. The number of rotatable bonds is 8. The Labute approximate surface area is 457 Å². The van der Waals surface area contributed by atoms with Gasteiger partial charge < -0.3 is 29.5 Å². The van der Waals surface area contributed by atoms with Gasteiger partial charge in [0, 0.05) is 34.3 Å². The zero-order valence-electron chi connectivity index (χ0n) is 39.7. The number of hydrogen-bond acceptors (Lipinski definition) is 2. The first-order valence-corrected chi connectivity index (χ1v) is 25.8. The van der Waals surface area contributed by atoms with Crippen molar-refractivity contribution < 1.29 is 26.9 Å². The van der Waals surface area contributed by atoms with Crippen LogP contribution < -0.4 is 17.0 Å². The third kappa shape index (κ3) is 23.6. The quantitative estimate of drug-likeness (QED) is 0.124. The third-order valence-electron chi connectivity index (χ3n) is 11.2. The average molecular weight is 1270 g/mol. The van der Waals surface area contributed by atoms with Gasteiger partial charge in [-0.2, -0.15) is 0 Å². The van der Waals surface area contributed by atoms with Crippen LogP contribution in [0.1, 0.15) is 150 Å². The molecule has 64 heavy (non-hydrogen) atoms. The largest absolute Gasteiger partial charge is 2.00 e. The molecule has 5 aromatic rings. The van der Waals surface area contributed by atoms with E-state index in [1.54, 1.807) is 5.56 Å². The summed E-state index contributed by atoms with van der Waals surface area (Å²) in [6.45, 7) is 17.2. The number of aliphatic hydroxyl groups is 1. The Kier molecular flexibility index (Phi) is 31.2. The SMILES string of the molecule is CC(C)(O)CCCc1cccc(Br)c1.CC1(C)CCC(=O)c2cc(Br)ccc21.CC1(C)CCCc2cc(Br)ccc21.CCCCc1cccc(Br)c1.CCc1cccc(Br)c1.[Br-].[CH3-].[Mg+2]. The summed E-state index contributed by atoms with van der Waals surface area (Å²) in [5.74, 6) is 0.278. The average Bonchev–Trinajstić information content (AvgIpc) is 3.19. The van der Waals surface area contributed by atoms with Crippen molar-refractivity contribution in [3.8, 4) is 0 Å². The van der Waals surface area contributed by atoms with Gasteiger partial charge in [0.2, 0.25) is 0 Å². The van der Waals surface area contributed by atoms with Gasteiger partial charge in [0.1, 0.15) is 0 Å². The summed E-state index contributed by atoms with van der Waals surface area (Å²) in [6, 6.07) is 37.9. The topological polar surface area (TPSA) is 37.3 Å². The molecule has 5 aromatic carbocycles. The number of hydrogen-bond donors (Lipinski definition) is 1. The second-order valence-corrected chi connectivity index (χ2v) is 22.6. The molecule has 0 amide bonds. The minimum absolute atomic E-state index is 0. The van der Waals surface area contributed by atoms with Crippen LogP contribution in [0.3, 0.4) is 0 Å². The monoisotopic (exact) mass is 1260 g/mol. The first kappa shape index (κ1) is 63.4. The maximum absolute atomic E-state index is 11.7. The van der Waals surface area contributed by atoms with Gasteiger partial charge in [-0.1, -0.05) is 176 Å². The van der Waals surface area contributed by atoms with Crippen molar-refractivity contribution >= 4 is 108 Å². The first-order chi connectivity index (χ1) is 28.7. The van der Waals surface area contributed by atoms with E-state index in [1.165, 1.54) is 79.8 Å². The Hall–Kier alpha value is -0.624. The number of halogens is 6. The van der Waals surface area contributed by atoms with Crippen molar-refractivity contribution in [3.63, 3.8) is 0 Å². The predicted molar refractivity (Wildman–Crippen MR) is 293 cm³/mol. The number of unbranched alkanes of at least 4 members (excludes halogenated alkanes) is 1. The zero-order chi connectivity index (χ0) is 45.2. The number of benzene rings is 5. The first-order valence-electron chi connectivity index (χ1n) is 21.8. The number of aryl methyl sites for hydroxylation is 4. The molecule has 7 rings (SSSR count). The van der Waals surface area contributed by atoms with Gasteiger partial charge in [0.05, 0.1) is 5.60 Å². The molecule has 0 aliphatic heterocycles.